The first kappa shape index (κ1) is 18.9. The summed E-state index contributed by atoms with van der Waals surface area (Å²) in [6, 6.07) is 5.35. The first-order valence-corrected chi connectivity index (χ1v) is 11.3. The summed E-state index contributed by atoms with van der Waals surface area (Å²) in [4.78, 5) is 20.8. The number of sulfone groups is 1. The zero-order chi connectivity index (χ0) is 18.9. The number of pyridine rings is 1. The van der Waals surface area contributed by atoms with Gasteiger partial charge in [0.2, 0.25) is 0 Å². The number of amides is 1. The molecule has 0 saturated heterocycles. The third kappa shape index (κ3) is 3.79. The predicted molar refractivity (Wildman–Crippen MR) is 108 cm³/mol. The number of aromatic nitrogens is 1. The van der Waals surface area contributed by atoms with E-state index in [1.807, 2.05) is 13.0 Å². The van der Waals surface area contributed by atoms with Crippen LogP contribution in [0.5, 0.6) is 5.75 Å². The minimum absolute atomic E-state index is 0.0357. The van der Waals surface area contributed by atoms with Gasteiger partial charge in [0.1, 0.15) is 15.0 Å². The van der Waals surface area contributed by atoms with E-state index in [2.05, 4.69) is 9.98 Å². The Kier molecular flexibility index (Phi) is 5.40. The van der Waals surface area contributed by atoms with E-state index in [0.29, 0.717) is 15.8 Å². The average molecular weight is 409 g/mol. The number of thioether (sulfide) groups is 2. The van der Waals surface area contributed by atoms with Gasteiger partial charge in [0, 0.05) is 11.6 Å². The summed E-state index contributed by atoms with van der Waals surface area (Å²) >= 11 is 2.87. The highest BCUT2D eigenvalue weighted by atomic mass is 32.2. The van der Waals surface area contributed by atoms with E-state index in [-0.39, 0.29) is 16.6 Å². The number of fused-ring (bicyclic) bond motifs is 1. The lowest BCUT2D eigenvalue weighted by molar-refractivity contribution is -0.113. The SMILES string of the molecule is CCSC1=NC(=O)/C(=C\c2ccc3ncc(S(C)(=O)=O)c(OC)c3c2)S1. The van der Waals surface area contributed by atoms with E-state index in [0.717, 1.165) is 21.9 Å². The third-order valence-electron chi connectivity index (χ3n) is 3.58. The Morgan fingerprint density at radius 3 is 2.77 bits per heavy atom. The molecule has 0 fully saturated rings. The van der Waals surface area contributed by atoms with Crippen LogP contribution in [0.4, 0.5) is 0 Å². The maximum absolute atomic E-state index is 12.0. The van der Waals surface area contributed by atoms with Gasteiger partial charge in [-0.05, 0) is 29.5 Å². The molecule has 1 aromatic carbocycles. The normalized spacial score (nSPS) is 16.3. The summed E-state index contributed by atoms with van der Waals surface area (Å²) in [6.07, 6.45) is 4.15. The van der Waals surface area contributed by atoms with Gasteiger partial charge in [-0.15, -0.1) is 0 Å². The van der Waals surface area contributed by atoms with E-state index in [1.165, 1.54) is 36.8 Å². The number of nitrogens with zero attached hydrogens (tertiary/aromatic N) is 2. The minimum atomic E-state index is -3.48. The van der Waals surface area contributed by atoms with Gasteiger partial charge in [-0.1, -0.05) is 36.5 Å². The molecule has 0 unspecified atom stereocenters. The van der Waals surface area contributed by atoms with Gasteiger partial charge < -0.3 is 4.74 Å². The molecule has 136 valence electrons. The molecule has 9 heteroatoms. The van der Waals surface area contributed by atoms with Crippen LogP contribution in [-0.4, -0.2) is 42.8 Å². The number of hydrogen-bond donors (Lipinski definition) is 0. The molecule has 1 aromatic heterocycles. The summed E-state index contributed by atoms with van der Waals surface area (Å²) in [5.74, 6) is 0.835. The molecule has 0 spiro atoms. The van der Waals surface area contributed by atoms with Gasteiger partial charge in [-0.25, -0.2) is 8.42 Å². The Hall–Kier alpha value is -1.84. The fraction of sp³-hybridized carbons (Fsp3) is 0.235. The molecular weight excluding hydrogens is 392 g/mol. The number of benzene rings is 1. The van der Waals surface area contributed by atoms with Crippen LogP contribution in [0, 0.1) is 0 Å². The quantitative estimate of drug-likeness (QED) is 0.717. The van der Waals surface area contributed by atoms with Crippen molar-refractivity contribution < 1.29 is 17.9 Å². The van der Waals surface area contributed by atoms with Crippen molar-refractivity contribution in [2.24, 2.45) is 4.99 Å². The second kappa shape index (κ2) is 7.42. The van der Waals surface area contributed by atoms with Crippen LogP contribution < -0.4 is 4.74 Å². The van der Waals surface area contributed by atoms with Gasteiger partial charge in [0.15, 0.2) is 9.84 Å². The molecule has 6 nitrogen and oxygen atoms in total. The van der Waals surface area contributed by atoms with Crippen molar-refractivity contribution in [3.05, 3.63) is 34.9 Å². The van der Waals surface area contributed by atoms with Crippen molar-refractivity contribution in [2.45, 2.75) is 11.8 Å². The standard InChI is InChI=1S/C17H16N2O4S3/c1-4-24-17-19-16(20)13(25-17)8-10-5-6-12-11(7-10)15(23-2)14(9-18-12)26(3,21)22/h5-9H,4H2,1-3H3/b13-8+. The Labute approximate surface area is 160 Å². The van der Waals surface area contributed by atoms with Crippen molar-refractivity contribution >= 4 is 60.6 Å². The zero-order valence-corrected chi connectivity index (χ0v) is 16.8. The lowest BCUT2D eigenvalue weighted by atomic mass is 10.1. The number of ether oxygens (including phenoxy) is 1. The highest BCUT2D eigenvalue weighted by Gasteiger charge is 2.22. The molecular formula is C17H16N2O4S3. The lowest BCUT2D eigenvalue weighted by Gasteiger charge is -2.10. The second-order valence-electron chi connectivity index (χ2n) is 5.43. The molecule has 1 aliphatic heterocycles. The fourth-order valence-electron chi connectivity index (χ4n) is 2.46. The van der Waals surface area contributed by atoms with Gasteiger partial charge in [-0.2, -0.15) is 4.99 Å². The molecule has 0 bridgehead atoms. The molecule has 0 radical (unpaired) electrons. The zero-order valence-electron chi connectivity index (χ0n) is 14.3. The summed E-state index contributed by atoms with van der Waals surface area (Å²) < 4.78 is 30.0. The number of hydrogen-bond acceptors (Lipinski definition) is 7. The maximum Gasteiger partial charge on any atom is 0.285 e. The number of carbonyl (C=O) groups excluding carboxylic acids is 1. The van der Waals surface area contributed by atoms with Crippen LogP contribution in [-0.2, 0) is 14.6 Å². The predicted octanol–water partition coefficient (Wildman–Crippen LogP) is 3.37. The highest BCUT2D eigenvalue weighted by Crippen LogP contribution is 2.35. The summed E-state index contributed by atoms with van der Waals surface area (Å²) in [5, 5.41) is 0.573. The Bertz CT molecular complexity index is 1060. The average Bonchev–Trinajstić information content (AvgIpc) is 2.92. The monoisotopic (exact) mass is 408 g/mol. The molecule has 1 aliphatic rings. The third-order valence-corrected chi connectivity index (χ3v) is 6.68. The number of rotatable bonds is 4. The number of aliphatic imine (C=N–C) groups is 1. The molecule has 0 saturated carbocycles. The van der Waals surface area contributed by atoms with Crippen molar-refractivity contribution in [1.82, 2.24) is 4.98 Å². The summed E-state index contributed by atoms with van der Waals surface area (Å²) in [7, 11) is -2.05. The number of methoxy groups -OCH3 is 1. The molecule has 1 amide bonds. The van der Waals surface area contributed by atoms with E-state index >= 15 is 0 Å². The molecule has 26 heavy (non-hydrogen) atoms. The van der Waals surface area contributed by atoms with E-state index in [4.69, 9.17) is 4.74 Å². The molecule has 0 aliphatic carbocycles. The van der Waals surface area contributed by atoms with Crippen molar-refractivity contribution in [2.75, 3.05) is 19.1 Å². The maximum atomic E-state index is 12.0. The first-order chi connectivity index (χ1) is 12.3. The van der Waals surface area contributed by atoms with Crippen LogP contribution in [0.1, 0.15) is 12.5 Å². The van der Waals surface area contributed by atoms with Crippen LogP contribution in [0.15, 0.2) is 39.2 Å². The highest BCUT2D eigenvalue weighted by molar-refractivity contribution is 8.41. The molecule has 2 heterocycles. The Morgan fingerprint density at radius 1 is 1.35 bits per heavy atom. The van der Waals surface area contributed by atoms with Gasteiger partial charge in [0.25, 0.3) is 5.91 Å². The van der Waals surface area contributed by atoms with Gasteiger partial charge in [-0.3, -0.25) is 9.78 Å². The van der Waals surface area contributed by atoms with E-state index in [1.54, 1.807) is 18.2 Å². The fourth-order valence-corrected chi connectivity index (χ4v) is 5.13. The van der Waals surface area contributed by atoms with Crippen molar-refractivity contribution in [3.63, 3.8) is 0 Å². The van der Waals surface area contributed by atoms with Gasteiger partial charge in [0.05, 0.1) is 23.7 Å². The van der Waals surface area contributed by atoms with Crippen LogP contribution in [0.25, 0.3) is 17.0 Å². The van der Waals surface area contributed by atoms with Crippen LogP contribution >= 0.6 is 23.5 Å². The minimum Gasteiger partial charge on any atom is -0.495 e. The molecule has 0 atom stereocenters. The first-order valence-electron chi connectivity index (χ1n) is 7.65. The topological polar surface area (TPSA) is 85.7 Å². The van der Waals surface area contributed by atoms with Gasteiger partial charge >= 0.3 is 0 Å². The Balaban J connectivity index is 2.07. The molecule has 2 aromatic rings. The smallest absolute Gasteiger partial charge is 0.285 e. The van der Waals surface area contributed by atoms with E-state index < -0.39 is 9.84 Å². The summed E-state index contributed by atoms with van der Waals surface area (Å²) in [5.41, 5.74) is 1.36. The number of carbonyl (C=O) groups is 1. The van der Waals surface area contributed by atoms with Crippen molar-refractivity contribution in [1.29, 1.82) is 0 Å². The Morgan fingerprint density at radius 2 is 2.12 bits per heavy atom. The summed E-state index contributed by atoms with van der Waals surface area (Å²) in [6.45, 7) is 2.00. The second-order valence-corrected chi connectivity index (χ2v) is 9.96. The van der Waals surface area contributed by atoms with Crippen molar-refractivity contribution in [3.8, 4) is 5.75 Å². The molecule has 3 rings (SSSR count). The van der Waals surface area contributed by atoms with Crippen LogP contribution in [0.2, 0.25) is 0 Å². The van der Waals surface area contributed by atoms with Crippen LogP contribution in [0.3, 0.4) is 0 Å². The largest absolute Gasteiger partial charge is 0.495 e. The molecule has 0 N–H and O–H groups in total. The van der Waals surface area contributed by atoms with E-state index in [9.17, 15) is 13.2 Å². The lowest BCUT2D eigenvalue weighted by Crippen LogP contribution is -2.02.